The van der Waals surface area contributed by atoms with Crippen molar-refractivity contribution >= 4 is 10.9 Å². The molecule has 0 atom stereocenters. The molecule has 7 nitrogen and oxygen atoms in total. The number of aryl methyl sites for hydroxylation is 1. The minimum absolute atomic E-state index is 0.0517. The summed E-state index contributed by atoms with van der Waals surface area (Å²) in [5.41, 5.74) is 7.72. The lowest BCUT2D eigenvalue weighted by Crippen LogP contribution is -2.39. The number of aromatic nitrogens is 6. The quantitative estimate of drug-likeness (QED) is 0.128. The molecule has 254 valence electrons. The van der Waals surface area contributed by atoms with Crippen LogP contribution in [0.15, 0.2) is 169 Å². The normalized spacial score (nSPS) is 11.6. The zero-order chi connectivity index (χ0) is 35.3. The summed E-state index contributed by atoms with van der Waals surface area (Å²) in [7, 11) is 0. The minimum Gasteiger partial charge on any atom is -0.306 e. The SMILES string of the molecule is CCCCc1cc2cccnc2c(=O)n1Cc1ccc(-c2ccccc2-c2nnnn2C(c2ccccc2)(c2ccccc2)c2ccccc2)cc1. The lowest BCUT2D eigenvalue weighted by molar-refractivity contribution is 0.451. The Balaban J connectivity index is 1.23. The average Bonchev–Trinajstić information content (AvgIpc) is 3.70. The smallest absolute Gasteiger partial charge is 0.277 e. The first-order chi connectivity index (χ1) is 25.7. The van der Waals surface area contributed by atoms with Gasteiger partial charge in [0.2, 0.25) is 0 Å². The molecule has 0 spiro atoms. The molecule has 8 aromatic rings. The average molecular weight is 679 g/mol. The van der Waals surface area contributed by atoms with Crippen molar-refractivity contribution in [2.75, 3.05) is 0 Å². The highest BCUT2D eigenvalue weighted by atomic mass is 16.1. The third-order valence-corrected chi connectivity index (χ3v) is 9.88. The van der Waals surface area contributed by atoms with E-state index < -0.39 is 5.54 Å². The van der Waals surface area contributed by atoms with Crippen molar-refractivity contribution in [1.82, 2.24) is 29.8 Å². The Morgan fingerprint density at radius 1 is 0.654 bits per heavy atom. The standard InChI is InChI=1S/C45H38N6O/c1-2-3-23-39-31-35-16-15-30-46-42(35)44(52)50(39)32-33-26-28-34(29-27-33)40-24-13-14-25-41(40)43-47-48-49-51(43)45(36-17-7-4-8-18-36,37-19-9-5-10-20-37)38-21-11-6-12-22-38/h4-22,24-31H,2-3,23,32H2,1H3. The molecule has 3 heterocycles. The molecule has 0 aliphatic carbocycles. The summed E-state index contributed by atoms with van der Waals surface area (Å²) in [6.45, 7) is 2.64. The van der Waals surface area contributed by atoms with Gasteiger partial charge in [0, 0.05) is 22.8 Å². The van der Waals surface area contributed by atoms with Gasteiger partial charge in [0.15, 0.2) is 5.82 Å². The molecule has 0 radical (unpaired) electrons. The van der Waals surface area contributed by atoms with Crippen molar-refractivity contribution in [3.63, 3.8) is 0 Å². The second-order valence-corrected chi connectivity index (χ2v) is 13.0. The number of unbranched alkanes of at least 4 members (excludes halogenated alkanes) is 1. The Kier molecular flexibility index (Phi) is 9.06. The molecule has 3 aromatic heterocycles. The van der Waals surface area contributed by atoms with E-state index >= 15 is 0 Å². The third kappa shape index (κ3) is 5.90. The Hall–Kier alpha value is -6.47. The Labute approximate surface area is 302 Å². The molecule has 0 saturated carbocycles. The Morgan fingerprint density at radius 3 is 1.87 bits per heavy atom. The first kappa shape index (κ1) is 32.7. The zero-order valence-electron chi connectivity index (χ0n) is 29.0. The predicted molar refractivity (Wildman–Crippen MR) is 207 cm³/mol. The Bertz CT molecular complexity index is 2390. The molecule has 0 aliphatic rings. The maximum atomic E-state index is 13.7. The van der Waals surface area contributed by atoms with Crippen LogP contribution in [0.2, 0.25) is 0 Å². The molecule has 0 saturated heterocycles. The number of nitrogens with zero attached hydrogens (tertiary/aromatic N) is 6. The molecular formula is C45H38N6O. The van der Waals surface area contributed by atoms with Crippen molar-refractivity contribution < 1.29 is 0 Å². The fraction of sp³-hybridized carbons (Fsp3) is 0.133. The lowest BCUT2D eigenvalue weighted by atomic mass is 9.77. The monoisotopic (exact) mass is 678 g/mol. The highest BCUT2D eigenvalue weighted by Gasteiger charge is 2.42. The van der Waals surface area contributed by atoms with Crippen molar-refractivity contribution in [3.8, 4) is 22.5 Å². The number of hydrogen-bond acceptors (Lipinski definition) is 5. The Morgan fingerprint density at radius 2 is 1.25 bits per heavy atom. The fourth-order valence-corrected chi connectivity index (χ4v) is 7.35. The summed E-state index contributed by atoms with van der Waals surface area (Å²) >= 11 is 0. The second-order valence-electron chi connectivity index (χ2n) is 13.0. The van der Waals surface area contributed by atoms with E-state index in [-0.39, 0.29) is 5.56 Å². The van der Waals surface area contributed by atoms with Gasteiger partial charge in [-0.2, -0.15) is 0 Å². The molecule has 0 N–H and O–H groups in total. The first-order valence-electron chi connectivity index (χ1n) is 17.8. The van der Waals surface area contributed by atoms with E-state index in [0.717, 1.165) is 69.3 Å². The summed E-state index contributed by atoms with van der Waals surface area (Å²) in [5.74, 6) is 0.645. The van der Waals surface area contributed by atoms with Crippen LogP contribution in [0.4, 0.5) is 0 Å². The third-order valence-electron chi connectivity index (χ3n) is 9.88. The summed E-state index contributed by atoms with van der Waals surface area (Å²) in [4.78, 5) is 18.1. The largest absolute Gasteiger partial charge is 0.306 e. The molecule has 0 bridgehead atoms. The highest BCUT2D eigenvalue weighted by molar-refractivity contribution is 5.81. The van der Waals surface area contributed by atoms with Gasteiger partial charge in [-0.05, 0) is 68.8 Å². The van der Waals surface area contributed by atoms with Gasteiger partial charge in [-0.15, -0.1) is 5.10 Å². The van der Waals surface area contributed by atoms with Crippen LogP contribution in [-0.2, 0) is 18.5 Å². The summed E-state index contributed by atoms with van der Waals surface area (Å²) in [5, 5.41) is 14.7. The van der Waals surface area contributed by atoms with E-state index in [1.807, 2.05) is 51.7 Å². The molecule has 0 fully saturated rings. The van der Waals surface area contributed by atoms with E-state index in [4.69, 9.17) is 10.3 Å². The maximum Gasteiger partial charge on any atom is 0.277 e. The number of fused-ring (bicyclic) bond motifs is 1. The zero-order valence-corrected chi connectivity index (χ0v) is 29.0. The number of benzene rings is 5. The van der Waals surface area contributed by atoms with Gasteiger partial charge in [0.25, 0.3) is 5.56 Å². The second kappa shape index (κ2) is 14.4. The topological polar surface area (TPSA) is 78.5 Å². The lowest BCUT2D eigenvalue weighted by Gasteiger charge is -2.36. The molecule has 7 heteroatoms. The van der Waals surface area contributed by atoms with Gasteiger partial charge in [-0.1, -0.05) is 159 Å². The summed E-state index contributed by atoms with van der Waals surface area (Å²) < 4.78 is 3.86. The maximum absolute atomic E-state index is 13.7. The number of pyridine rings is 2. The fourth-order valence-electron chi connectivity index (χ4n) is 7.35. The van der Waals surface area contributed by atoms with Crippen molar-refractivity contribution in [2.24, 2.45) is 0 Å². The van der Waals surface area contributed by atoms with Gasteiger partial charge >= 0.3 is 0 Å². The van der Waals surface area contributed by atoms with Gasteiger partial charge in [-0.25, -0.2) is 4.68 Å². The van der Waals surface area contributed by atoms with E-state index in [0.29, 0.717) is 17.9 Å². The number of rotatable bonds is 11. The van der Waals surface area contributed by atoms with Crippen molar-refractivity contribution in [3.05, 3.63) is 202 Å². The highest BCUT2D eigenvalue weighted by Crippen LogP contribution is 2.43. The summed E-state index contributed by atoms with van der Waals surface area (Å²) in [6, 6.07) is 54.0. The van der Waals surface area contributed by atoms with Crippen LogP contribution in [0.5, 0.6) is 0 Å². The minimum atomic E-state index is -0.864. The van der Waals surface area contributed by atoms with Crippen molar-refractivity contribution in [1.29, 1.82) is 0 Å². The van der Waals surface area contributed by atoms with E-state index in [1.54, 1.807) is 6.20 Å². The molecule has 0 amide bonds. The first-order valence-corrected chi connectivity index (χ1v) is 17.8. The van der Waals surface area contributed by atoms with Crippen molar-refractivity contribution in [2.45, 2.75) is 38.3 Å². The molecule has 0 unspecified atom stereocenters. The number of tetrazole rings is 1. The number of hydrogen-bond donors (Lipinski definition) is 0. The molecular weight excluding hydrogens is 641 g/mol. The van der Waals surface area contributed by atoms with E-state index in [9.17, 15) is 4.79 Å². The van der Waals surface area contributed by atoms with Crippen LogP contribution < -0.4 is 5.56 Å². The molecule has 5 aromatic carbocycles. The van der Waals surface area contributed by atoms with Gasteiger partial charge in [0.1, 0.15) is 11.1 Å². The van der Waals surface area contributed by atoms with Gasteiger partial charge in [-0.3, -0.25) is 9.78 Å². The summed E-state index contributed by atoms with van der Waals surface area (Å²) in [6.07, 6.45) is 4.60. The van der Waals surface area contributed by atoms with E-state index in [2.05, 4.69) is 132 Å². The van der Waals surface area contributed by atoms with Crippen LogP contribution in [0.3, 0.4) is 0 Å². The van der Waals surface area contributed by atoms with Gasteiger partial charge < -0.3 is 4.57 Å². The van der Waals surface area contributed by atoms with Gasteiger partial charge in [0.05, 0.1) is 6.54 Å². The van der Waals surface area contributed by atoms with E-state index in [1.165, 1.54) is 0 Å². The van der Waals surface area contributed by atoms with Crippen LogP contribution in [0.25, 0.3) is 33.4 Å². The molecule has 52 heavy (non-hydrogen) atoms. The molecule has 0 aliphatic heterocycles. The van der Waals surface area contributed by atoms with Crippen LogP contribution in [0.1, 0.15) is 47.7 Å². The van der Waals surface area contributed by atoms with Crippen LogP contribution >= 0.6 is 0 Å². The predicted octanol–water partition coefficient (Wildman–Crippen LogP) is 8.95. The van der Waals surface area contributed by atoms with Crippen LogP contribution in [-0.4, -0.2) is 29.8 Å². The molecule has 8 rings (SSSR count). The van der Waals surface area contributed by atoms with Crippen LogP contribution in [0, 0.1) is 0 Å².